The van der Waals surface area contributed by atoms with E-state index in [1.807, 2.05) is 0 Å². The van der Waals surface area contributed by atoms with Crippen LogP contribution < -0.4 is 0 Å². The summed E-state index contributed by atoms with van der Waals surface area (Å²) in [5, 5.41) is 15.3. The monoisotopic (exact) mass is 92.0 g/mol. The largest absolute Gasteiger partial charge is 0.413 e. The highest BCUT2D eigenvalue weighted by atomic mass is 16.7. The molecular weight excluding hydrogens is 88.0 g/mol. The summed E-state index contributed by atoms with van der Waals surface area (Å²) in [6, 6.07) is 0. The van der Waals surface area contributed by atoms with Crippen LogP contribution in [0.2, 0.25) is 0 Å². The average molecular weight is 92.0 g/mol. The first-order valence-corrected chi connectivity index (χ1v) is 1.22. The van der Waals surface area contributed by atoms with E-state index in [9.17, 15) is 0 Å². The molecule has 2 N–H and O–H groups in total. The van der Waals surface area contributed by atoms with Crippen molar-refractivity contribution in [1.82, 2.24) is 0 Å². The molecule has 0 aromatic rings. The van der Waals surface area contributed by atoms with Crippen molar-refractivity contribution < 1.29 is 19.7 Å². The van der Waals surface area contributed by atoms with Gasteiger partial charge in [0.2, 0.25) is 0 Å². The molecule has 0 amide bonds. The summed E-state index contributed by atoms with van der Waals surface area (Å²) >= 11 is 0. The van der Waals surface area contributed by atoms with E-state index in [1.54, 1.807) is 0 Å². The van der Waals surface area contributed by atoms with Crippen molar-refractivity contribution in [3.05, 3.63) is 0 Å². The van der Waals surface area contributed by atoms with Gasteiger partial charge in [0.1, 0.15) is 0 Å². The molecule has 0 heterocycles. The van der Waals surface area contributed by atoms with E-state index in [2.05, 4.69) is 4.74 Å². The van der Waals surface area contributed by atoms with Crippen LogP contribution in [0.3, 0.4) is 0 Å². The Bertz CT molecular complexity index is 40.8. The predicted octanol–water partition coefficient (Wildman–Crippen LogP) is -1.57. The van der Waals surface area contributed by atoms with Crippen LogP contribution in [0, 0.1) is 0 Å². The molecule has 4 nitrogen and oxygen atoms in total. The van der Waals surface area contributed by atoms with Crippen molar-refractivity contribution in [3.8, 4) is 0 Å². The van der Waals surface area contributed by atoms with Crippen LogP contribution in [-0.2, 0) is 9.53 Å². The lowest BCUT2D eigenvalue weighted by Crippen LogP contribution is -2.07. The van der Waals surface area contributed by atoms with Crippen molar-refractivity contribution in [2.24, 2.45) is 0 Å². The van der Waals surface area contributed by atoms with Gasteiger partial charge in [0.25, 0.3) is 6.47 Å². The number of aliphatic hydroxyl groups is 2. The Kier molecular flexibility index (Phi) is 2.35. The fraction of sp³-hybridized carbons (Fsp3) is 0.500. The number of carbonyl (C=O) groups is 1. The predicted molar refractivity (Wildman–Crippen MR) is 15.4 cm³/mol. The van der Waals surface area contributed by atoms with E-state index in [0.29, 0.717) is 0 Å². The van der Waals surface area contributed by atoms with Crippen LogP contribution in [0.1, 0.15) is 0 Å². The first-order valence-electron chi connectivity index (χ1n) is 1.22. The summed E-state index contributed by atoms with van der Waals surface area (Å²) in [5.41, 5.74) is 0. The maximum Gasteiger partial charge on any atom is 0.313 e. The molecule has 0 aromatic heterocycles. The van der Waals surface area contributed by atoms with Gasteiger partial charge in [-0.15, -0.1) is 0 Å². The molecule has 36 valence electrons. The minimum Gasteiger partial charge on any atom is -0.413 e. The van der Waals surface area contributed by atoms with Gasteiger partial charge in [0.15, 0.2) is 0 Å². The summed E-state index contributed by atoms with van der Waals surface area (Å²) < 4.78 is 3.47. The van der Waals surface area contributed by atoms with Crippen LogP contribution in [0.5, 0.6) is 0 Å². The molecule has 0 aliphatic rings. The number of hydrogen-bond donors (Lipinski definition) is 2. The van der Waals surface area contributed by atoms with Crippen LogP contribution in [0.15, 0.2) is 0 Å². The van der Waals surface area contributed by atoms with E-state index in [0.717, 1.165) is 0 Å². The number of hydrogen-bond acceptors (Lipinski definition) is 4. The fourth-order valence-corrected chi connectivity index (χ4v) is 0.0497. The highest BCUT2D eigenvalue weighted by Crippen LogP contribution is 1.68. The van der Waals surface area contributed by atoms with Gasteiger partial charge in [-0.3, -0.25) is 4.79 Å². The number of carbonyl (C=O) groups excluding carboxylic acids is 1. The zero-order chi connectivity index (χ0) is 4.99. The van der Waals surface area contributed by atoms with Gasteiger partial charge in [-0.05, 0) is 0 Å². The molecule has 0 aromatic carbocycles. The first-order chi connectivity index (χ1) is 2.77. The third-order valence-electron chi connectivity index (χ3n) is 0.177. The quantitative estimate of drug-likeness (QED) is 0.319. The van der Waals surface area contributed by atoms with Crippen LogP contribution in [0.25, 0.3) is 0 Å². The second-order valence-electron chi connectivity index (χ2n) is 0.559. The molecule has 0 radical (unpaired) electrons. The van der Waals surface area contributed by atoms with Crippen LogP contribution in [-0.4, -0.2) is 23.2 Å². The maximum absolute atomic E-state index is 9.07. The minimum atomic E-state index is -1.97. The molecule has 0 fully saturated rings. The highest BCUT2D eigenvalue weighted by Gasteiger charge is 1.87. The molecule has 0 aliphatic carbocycles. The molecule has 0 atom stereocenters. The maximum atomic E-state index is 9.07. The van der Waals surface area contributed by atoms with Gasteiger partial charge in [-0.25, -0.2) is 0 Å². The SMILES string of the molecule is O=COC(O)O. The van der Waals surface area contributed by atoms with Crippen LogP contribution >= 0.6 is 0 Å². The summed E-state index contributed by atoms with van der Waals surface area (Å²) in [7, 11) is 0. The Hall–Kier alpha value is -0.610. The smallest absolute Gasteiger partial charge is 0.313 e. The Morgan fingerprint density at radius 2 is 2.17 bits per heavy atom. The van der Waals surface area contributed by atoms with Gasteiger partial charge < -0.3 is 14.9 Å². The normalized spacial score (nSPS) is 8.50. The lowest BCUT2D eigenvalue weighted by atomic mass is 11.3. The van der Waals surface area contributed by atoms with Crippen molar-refractivity contribution >= 4 is 6.47 Å². The highest BCUT2D eigenvalue weighted by molar-refractivity contribution is 5.36. The summed E-state index contributed by atoms with van der Waals surface area (Å²) in [6.45, 7) is -2.02. The Balaban J connectivity index is 2.81. The van der Waals surface area contributed by atoms with Gasteiger partial charge in [-0.2, -0.15) is 0 Å². The second-order valence-corrected chi connectivity index (χ2v) is 0.559. The minimum absolute atomic E-state index is 0.0509. The lowest BCUT2D eigenvalue weighted by Gasteiger charge is -1.93. The van der Waals surface area contributed by atoms with Crippen molar-refractivity contribution in [2.45, 2.75) is 6.48 Å². The third-order valence-corrected chi connectivity index (χ3v) is 0.177. The second kappa shape index (κ2) is 2.62. The summed E-state index contributed by atoms with van der Waals surface area (Å²) in [4.78, 5) is 9.07. The first kappa shape index (κ1) is 5.39. The Morgan fingerprint density at radius 3 is 2.17 bits per heavy atom. The van der Waals surface area contributed by atoms with Gasteiger partial charge in [-0.1, -0.05) is 0 Å². The van der Waals surface area contributed by atoms with E-state index in [-0.39, 0.29) is 6.47 Å². The van der Waals surface area contributed by atoms with E-state index in [4.69, 9.17) is 15.0 Å². The molecule has 0 aliphatic heterocycles. The molecular formula is C2H4O4. The van der Waals surface area contributed by atoms with Crippen LogP contribution in [0.4, 0.5) is 0 Å². The fourth-order valence-electron chi connectivity index (χ4n) is 0.0497. The molecule has 0 unspecified atom stereocenters. The topological polar surface area (TPSA) is 66.8 Å². The number of aliphatic hydroxyl groups excluding tert-OH is 1. The van der Waals surface area contributed by atoms with E-state index in [1.165, 1.54) is 0 Å². The standard InChI is InChI=1S/C2H4O4/c3-1-6-2(4)5/h1-2,4-5H. The Morgan fingerprint density at radius 1 is 1.67 bits per heavy atom. The summed E-state index contributed by atoms with van der Waals surface area (Å²) in [6.07, 6.45) is 0. The zero-order valence-electron chi connectivity index (χ0n) is 2.87. The number of rotatable bonds is 2. The average Bonchev–Trinajstić information content (AvgIpc) is 1.35. The molecule has 0 saturated heterocycles. The molecule has 4 heteroatoms. The van der Waals surface area contributed by atoms with Gasteiger partial charge in [0, 0.05) is 0 Å². The third kappa shape index (κ3) is 3.39. The lowest BCUT2D eigenvalue weighted by molar-refractivity contribution is -0.218. The van der Waals surface area contributed by atoms with Crippen molar-refractivity contribution in [1.29, 1.82) is 0 Å². The summed E-state index contributed by atoms with van der Waals surface area (Å²) in [5.74, 6) is 0. The number of ether oxygens (including phenoxy) is 1. The van der Waals surface area contributed by atoms with Crippen molar-refractivity contribution in [3.63, 3.8) is 0 Å². The zero-order valence-corrected chi connectivity index (χ0v) is 2.87. The molecule has 0 bridgehead atoms. The molecule has 0 rings (SSSR count). The molecule has 6 heavy (non-hydrogen) atoms. The molecule has 0 saturated carbocycles. The van der Waals surface area contributed by atoms with Gasteiger partial charge >= 0.3 is 6.48 Å². The van der Waals surface area contributed by atoms with E-state index >= 15 is 0 Å². The van der Waals surface area contributed by atoms with Gasteiger partial charge in [0.05, 0.1) is 0 Å². The van der Waals surface area contributed by atoms with E-state index < -0.39 is 6.48 Å². The molecule has 0 spiro atoms. The Labute approximate surface area is 34.0 Å². The van der Waals surface area contributed by atoms with Crippen molar-refractivity contribution in [2.75, 3.05) is 0 Å².